The van der Waals surface area contributed by atoms with Gasteiger partial charge in [-0.25, -0.2) is 6.17 Å². The summed E-state index contributed by atoms with van der Waals surface area (Å²) in [4.78, 5) is 0. The van der Waals surface area contributed by atoms with Crippen molar-refractivity contribution in [1.82, 2.24) is 0 Å². The van der Waals surface area contributed by atoms with Crippen LogP contribution in [-0.2, 0) is 18.2 Å². The molecule has 3 atom stereocenters. The van der Waals surface area contributed by atoms with Gasteiger partial charge in [0.1, 0.15) is 0 Å². The van der Waals surface area contributed by atoms with E-state index in [1.165, 1.54) is 5.92 Å². The van der Waals surface area contributed by atoms with Gasteiger partial charge in [0.2, 0.25) is 0 Å². The van der Waals surface area contributed by atoms with Gasteiger partial charge in [0, 0.05) is 0 Å². The van der Waals surface area contributed by atoms with Crippen LogP contribution in [0.3, 0.4) is 0 Å². The van der Waals surface area contributed by atoms with Crippen molar-refractivity contribution in [3.63, 3.8) is 0 Å². The molecule has 0 N–H and O–H groups in total. The van der Waals surface area contributed by atoms with Gasteiger partial charge in [-0.15, -0.1) is 12.1 Å². The molecule has 0 rings (SSSR count). The van der Waals surface area contributed by atoms with Crippen molar-refractivity contribution in [1.29, 1.82) is 0 Å². The maximum atomic E-state index is 4.79. The van der Waals surface area contributed by atoms with E-state index < -0.39 is 18.2 Å². The van der Waals surface area contributed by atoms with Crippen LogP contribution in [0.25, 0.3) is 10.6 Å². The second kappa shape index (κ2) is 18.7. The first-order chi connectivity index (χ1) is 13.5. The molecule has 0 radical (unpaired) electrons. The normalized spacial score (nSPS) is 15.6. The molecule has 0 aromatic rings. The van der Waals surface area contributed by atoms with E-state index in [4.69, 9.17) is 10.6 Å². The molecule has 0 aromatic carbocycles. The van der Waals surface area contributed by atoms with Crippen LogP contribution in [0.2, 0.25) is 0 Å². The summed E-state index contributed by atoms with van der Waals surface area (Å²) in [5.41, 5.74) is 0.216. The van der Waals surface area contributed by atoms with Crippen molar-refractivity contribution >= 4 is 0 Å². The molecule has 184 valence electrons. The van der Waals surface area contributed by atoms with Crippen LogP contribution in [-0.4, -0.2) is 29.3 Å². The first-order valence-electron chi connectivity index (χ1n) is 11.8. The molecule has 0 bridgehead atoms. The zero-order valence-corrected chi connectivity index (χ0v) is 25.1. The summed E-state index contributed by atoms with van der Waals surface area (Å²) in [5, 5.41) is 9.57. The first kappa shape index (κ1) is 34.8. The van der Waals surface area contributed by atoms with Crippen molar-refractivity contribution in [2.24, 2.45) is 12.9 Å². The molecule has 5 heteroatoms. The number of hydrogen-bond donors (Lipinski definition) is 0. The minimum Gasteiger partial charge on any atom is -0.675 e. The van der Waals surface area contributed by atoms with E-state index in [9.17, 15) is 0 Å². The van der Waals surface area contributed by atoms with E-state index in [0.29, 0.717) is 18.0 Å². The average molecular weight is 508 g/mol. The average Bonchev–Trinajstić information content (AvgIpc) is 2.57. The molecule has 0 saturated carbocycles. The number of hydrogen-bond acceptors (Lipinski definition) is 2. The minimum atomic E-state index is -0.473. The third-order valence-corrected chi connectivity index (χ3v) is 6.87. The summed E-state index contributed by atoms with van der Waals surface area (Å²) in [5.74, 6) is 1.99. The third-order valence-electron chi connectivity index (χ3n) is 3.78. The second-order valence-electron chi connectivity index (χ2n) is 10.7. The Morgan fingerprint density at radius 2 is 1.00 bits per heavy atom. The van der Waals surface area contributed by atoms with E-state index in [-0.39, 0.29) is 17.2 Å². The van der Waals surface area contributed by atoms with Gasteiger partial charge in [-0.1, -0.05) is 66.7 Å². The zero-order chi connectivity index (χ0) is 24.5. The van der Waals surface area contributed by atoms with Crippen LogP contribution in [0.4, 0.5) is 0 Å². The van der Waals surface area contributed by atoms with Crippen molar-refractivity contribution in [2.75, 3.05) is 0 Å². The molecule has 4 nitrogen and oxygen atoms in total. The fourth-order valence-corrected chi connectivity index (χ4v) is 2.85. The SMILES string of the molecule is CC(C)(C)[N]=[Mo]=[N]C(C)(C)C.CCC(C)[N-]C([N-]C(C)CC)C(C)CC.C[C-](C)C. The molecule has 0 heterocycles. The maximum absolute atomic E-state index is 4.79. The molecular formula is C25H55MoN4-3. The molecule has 0 saturated heterocycles. The standard InChI is InChI=1S/C13H28N2.2C4H9N.C4H9.Mo/c1-7-10(4)13(14-11(5)8-2)15-12(6)9-3;2*1-4(2,3)5;1-4(2)3;/h10-13H,7-9H2,1-6H3;2*1-3H3;1-3H3;/q-2;;;-1;. The summed E-state index contributed by atoms with van der Waals surface area (Å²) < 4.78 is 9.01. The Kier molecular flexibility index (Phi) is 21.8. The van der Waals surface area contributed by atoms with Gasteiger partial charge in [-0.3, -0.25) is 0 Å². The quantitative estimate of drug-likeness (QED) is 0.232. The smallest absolute Gasteiger partial charge is 0.0566 e. The summed E-state index contributed by atoms with van der Waals surface area (Å²) in [6.45, 7) is 32.2. The van der Waals surface area contributed by atoms with E-state index in [1.54, 1.807) is 0 Å². The monoisotopic (exact) mass is 509 g/mol. The Balaban J connectivity index is -0.000000425. The predicted molar refractivity (Wildman–Crippen MR) is 134 cm³/mol. The van der Waals surface area contributed by atoms with E-state index in [2.05, 4.69) is 111 Å². The molecule has 0 aliphatic rings. The Bertz CT molecular complexity index is 410. The van der Waals surface area contributed by atoms with Gasteiger partial charge >= 0.3 is 77.8 Å². The maximum Gasteiger partial charge on any atom is -0.0566 e. The van der Waals surface area contributed by atoms with Crippen molar-refractivity contribution < 1.29 is 18.2 Å². The zero-order valence-electron chi connectivity index (χ0n) is 23.1. The predicted octanol–water partition coefficient (Wildman–Crippen LogP) is 9.36. The fraction of sp³-hybridized carbons (Fsp3) is 0.960. The molecule has 0 fully saturated rings. The minimum absolute atomic E-state index is 0.108. The molecule has 0 aliphatic carbocycles. The van der Waals surface area contributed by atoms with Crippen LogP contribution < -0.4 is 0 Å². The van der Waals surface area contributed by atoms with Crippen molar-refractivity contribution in [3.8, 4) is 0 Å². The molecule has 0 aromatic heterocycles. The number of rotatable bonds is 8. The van der Waals surface area contributed by atoms with Crippen LogP contribution in [0.15, 0.2) is 6.99 Å². The van der Waals surface area contributed by atoms with Gasteiger partial charge in [-0.2, -0.15) is 20.8 Å². The van der Waals surface area contributed by atoms with Gasteiger partial charge in [0.25, 0.3) is 0 Å². The van der Waals surface area contributed by atoms with E-state index in [1.807, 2.05) is 0 Å². The largest absolute Gasteiger partial charge is 0.675 e. The molecule has 3 unspecified atom stereocenters. The van der Waals surface area contributed by atoms with Crippen LogP contribution in [0.5, 0.6) is 0 Å². The van der Waals surface area contributed by atoms with E-state index >= 15 is 0 Å². The Morgan fingerprint density at radius 1 is 0.700 bits per heavy atom. The van der Waals surface area contributed by atoms with Gasteiger partial charge < -0.3 is 16.6 Å². The third kappa shape index (κ3) is 30.4. The van der Waals surface area contributed by atoms with Gasteiger partial charge in [-0.05, 0) is 0 Å². The Hall–Kier alpha value is 0.208. The summed E-state index contributed by atoms with van der Waals surface area (Å²) in [6.07, 6.45) is 3.59. The number of nitrogens with zero attached hydrogens (tertiary/aromatic N) is 4. The molecule has 0 spiro atoms. The van der Waals surface area contributed by atoms with Crippen molar-refractivity contribution in [3.05, 3.63) is 16.6 Å². The fourth-order valence-electron chi connectivity index (χ4n) is 1.54. The summed E-state index contributed by atoms with van der Waals surface area (Å²) in [7, 11) is 0. The van der Waals surface area contributed by atoms with E-state index in [0.717, 1.165) is 19.3 Å². The molecule has 30 heavy (non-hydrogen) atoms. The summed E-state index contributed by atoms with van der Waals surface area (Å²) in [6, 6.07) is 0.883. The van der Waals surface area contributed by atoms with Gasteiger partial charge in [0.05, 0.1) is 0 Å². The van der Waals surface area contributed by atoms with Crippen molar-refractivity contribution in [2.45, 2.75) is 152 Å². The van der Waals surface area contributed by atoms with Crippen LogP contribution in [0.1, 0.15) is 123 Å². The molecular weight excluding hydrogens is 452 g/mol. The summed E-state index contributed by atoms with van der Waals surface area (Å²) >= 11 is -0.473. The molecule has 0 amide bonds. The second-order valence-corrected chi connectivity index (χ2v) is 12.0. The van der Waals surface area contributed by atoms with Gasteiger partial charge in [0.15, 0.2) is 0 Å². The molecule has 0 aliphatic heterocycles. The van der Waals surface area contributed by atoms with Crippen LogP contribution >= 0.6 is 0 Å². The topological polar surface area (TPSA) is 52.9 Å². The Morgan fingerprint density at radius 3 is 1.20 bits per heavy atom. The Labute approximate surface area is 199 Å². The first-order valence-corrected chi connectivity index (χ1v) is 13.6. The van der Waals surface area contributed by atoms with Crippen LogP contribution in [0, 0.1) is 11.8 Å².